The SMILES string of the molecule is O=S(=O)(/N=C(\[O-])OCC(CO)CO)C(F)(F)F. The van der Waals surface area contributed by atoms with Crippen molar-refractivity contribution in [2.24, 2.45) is 10.3 Å². The fraction of sp³-hybridized carbons (Fsp3) is 0.833. The van der Waals surface area contributed by atoms with Gasteiger partial charge >= 0.3 is 15.5 Å². The number of aliphatic hydroxyl groups excluding tert-OH is 2. The van der Waals surface area contributed by atoms with Crippen molar-refractivity contribution >= 4 is 16.1 Å². The van der Waals surface area contributed by atoms with Crippen molar-refractivity contribution in [1.82, 2.24) is 0 Å². The number of ether oxygens (including phenoxy) is 1. The Morgan fingerprint density at radius 1 is 1.35 bits per heavy atom. The number of sulfonamides is 1. The van der Waals surface area contributed by atoms with Crippen LogP contribution < -0.4 is 5.11 Å². The topological polar surface area (TPSA) is 119 Å². The Bertz CT molecular complexity index is 360. The molecule has 0 aliphatic carbocycles. The molecule has 0 spiro atoms. The van der Waals surface area contributed by atoms with Crippen LogP contribution in [-0.4, -0.2) is 50.0 Å². The Hall–Kier alpha value is -1.07. The number of aliphatic hydroxyl groups is 2. The predicted octanol–water partition coefficient (Wildman–Crippen LogP) is -1.83. The first-order chi connectivity index (χ1) is 7.64. The number of hydrogen-bond acceptors (Lipinski definition) is 6. The standard InChI is InChI=1S/C6H10F3NO6S/c7-6(8,9)17(14,15)10-5(13)16-3-4(1-11)2-12/h4,11-12H,1-3H2,(H,10,13)/p-1. The zero-order valence-corrected chi connectivity index (χ0v) is 9.03. The molecule has 0 radical (unpaired) electrons. The van der Waals surface area contributed by atoms with Crippen molar-refractivity contribution in [3.8, 4) is 0 Å². The van der Waals surface area contributed by atoms with Gasteiger partial charge in [0.1, 0.15) is 0 Å². The van der Waals surface area contributed by atoms with Crippen LogP contribution in [0.1, 0.15) is 0 Å². The second-order valence-electron chi connectivity index (χ2n) is 2.82. The smallest absolute Gasteiger partial charge is 0.518 e. The highest BCUT2D eigenvalue weighted by Crippen LogP contribution is 2.24. The summed E-state index contributed by atoms with van der Waals surface area (Å²) >= 11 is 0. The zero-order valence-electron chi connectivity index (χ0n) is 8.22. The van der Waals surface area contributed by atoms with Gasteiger partial charge in [0.2, 0.25) is 0 Å². The van der Waals surface area contributed by atoms with Gasteiger partial charge in [-0.05, 0) is 0 Å². The molecule has 11 heteroatoms. The Morgan fingerprint density at radius 2 is 1.82 bits per heavy atom. The quantitative estimate of drug-likeness (QED) is 0.451. The molecule has 17 heavy (non-hydrogen) atoms. The summed E-state index contributed by atoms with van der Waals surface area (Å²) < 4.78 is 61.8. The normalized spacial score (nSPS) is 14.1. The fourth-order valence-corrected chi connectivity index (χ4v) is 0.881. The molecule has 0 atom stereocenters. The van der Waals surface area contributed by atoms with Crippen LogP contribution in [0.4, 0.5) is 13.2 Å². The first kappa shape index (κ1) is 15.9. The van der Waals surface area contributed by atoms with Gasteiger partial charge < -0.3 is 20.1 Å². The van der Waals surface area contributed by atoms with Crippen LogP contribution in [0, 0.1) is 5.92 Å². The molecule has 2 N–H and O–H groups in total. The van der Waals surface area contributed by atoms with Crippen LogP contribution in [0.15, 0.2) is 4.40 Å². The predicted molar refractivity (Wildman–Crippen MR) is 46.0 cm³/mol. The van der Waals surface area contributed by atoms with Crippen molar-refractivity contribution in [3.63, 3.8) is 0 Å². The first-order valence-electron chi connectivity index (χ1n) is 4.06. The summed E-state index contributed by atoms with van der Waals surface area (Å²) in [7, 11) is -5.93. The lowest BCUT2D eigenvalue weighted by Crippen LogP contribution is -2.30. The molecule has 0 unspecified atom stereocenters. The Morgan fingerprint density at radius 3 is 2.18 bits per heavy atom. The number of nitrogens with zero attached hydrogens (tertiary/aromatic N) is 1. The van der Waals surface area contributed by atoms with Gasteiger partial charge in [0.15, 0.2) is 6.08 Å². The van der Waals surface area contributed by atoms with Crippen LogP contribution in [-0.2, 0) is 14.8 Å². The molecule has 0 fully saturated rings. The van der Waals surface area contributed by atoms with Gasteiger partial charge in [-0.1, -0.05) is 0 Å². The van der Waals surface area contributed by atoms with Crippen molar-refractivity contribution in [2.75, 3.05) is 19.8 Å². The molecule has 0 bridgehead atoms. The van der Waals surface area contributed by atoms with Gasteiger partial charge in [-0.15, -0.1) is 4.40 Å². The lowest BCUT2D eigenvalue weighted by Gasteiger charge is -2.18. The van der Waals surface area contributed by atoms with Gasteiger partial charge in [0, 0.05) is 25.7 Å². The van der Waals surface area contributed by atoms with E-state index >= 15 is 0 Å². The minimum atomic E-state index is -5.93. The number of rotatable bonds is 5. The second-order valence-corrected chi connectivity index (χ2v) is 4.42. The van der Waals surface area contributed by atoms with E-state index in [9.17, 15) is 26.7 Å². The van der Waals surface area contributed by atoms with Gasteiger partial charge in [-0.2, -0.15) is 21.6 Å². The molecule has 0 saturated heterocycles. The average Bonchev–Trinajstić information content (AvgIpc) is 2.16. The lowest BCUT2D eigenvalue weighted by atomic mass is 10.2. The summed E-state index contributed by atoms with van der Waals surface area (Å²) in [5.74, 6) is -0.914. The van der Waals surface area contributed by atoms with Gasteiger partial charge in [0.25, 0.3) is 0 Å². The van der Waals surface area contributed by atoms with E-state index in [-0.39, 0.29) is 0 Å². The Labute approximate surface area is 94.2 Å². The summed E-state index contributed by atoms with van der Waals surface area (Å²) in [5.41, 5.74) is -5.68. The molecule has 0 aliphatic rings. The molecule has 0 aromatic heterocycles. The maximum Gasteiger partial charge on any atom is 0.518 e. The van der Waals surface area contributed by atoms with E-state index < -0.39 is 47.4 Å². The van der Waals surface area contributed by atoms with E-state index in [2.05, 4.69) is 4.74 Å². The van der Waals surface area contributed by atoms with E-state index in [0.717, 1.165) is 0 Å². The molecule has 0 aromatic carbocycles. The summed E-state index contributed by atoms with van der Waals surface area (Å²) in [6.45, 7) is -1.83. The molecule has 0 aromatic rings. The highest BCUT2D eigenvalue weighted by molar-refractivity contribution is 7.91. The number of alkyl halides is 3. The fourth-order valence-electron chi connectivity index (χ4n) is 0.529. The maximum absolute atomic E-state index is 11.8. The molecular weight excluding hydrogens is 271 g/mol. The highest BCUT2D eigenvalue weighted by Gasteiger charge is 2.46. The van der Waals surface area contributed by atoms with E-state index in [0.29, 0.717) is 0 Å². The van der Waals surface area contributed by atoms with E-state index in [1.165, 1.54) is 0 Å². The van der Waals surface area contributed by atoms with Crippen molar-refractivity contribution in [3.05, 3.63) is 0 Å². The van der Waals surface area contributed by atoms with Gasteiger partial charge in [-0.3, -0.25) is 0 Å². The van der Waals surface area contributed by atoms with Crippen molar-refractivity contribution in [1.29, 1.82) is 0 Å². The monoisotopic (exact) mass is 280 g/mol. The van der Waals surface area contributed by atoms with Crippen LogP contribution in [0.5, 0.6) is 0 Å². The van der Waals surface area contributed by atoms with Crippen molar-refractivity contribution in [2.45, 2.75) is 5.51 Å². The summed E-state index contributed by atoms with van der Waals surface area (Å²) in [6, 6.07) is 0. The second kappa shape index (κ2) is 6.02. The Balaban J connectivity index is 4.57. The molecular formula is C6H9F3NO6S-. The third-order valence-electron chi connectivity index (χ3n) is 1.45. The Kier molecular flexibility index (Phi) is 5.64. The lowest BCUT2D eigenvalue weighted by molar-refractivity contribution is -0.251. The largest absolute Gasteiger partial charge is 0.599 e. The maximum atomic E-state index is 11.8. The van der Waals surface area contributed by atoms with Gasteiger partial charge in [-0.25, -0.2) is 0 Å². The molecule has 7 nitrogen and oxygen atoms in total. The highest BCUT2D eigenvalue weighted by atomic mass is 32.2. The minimum Gasteiger partial charge on any atom is -0.599 e. The molecule has 0 rings (SSSR count). The van der Waals surface area contributed by atoms with Crippen LogP contribution in [0.2, 0.25) is 0 Å². The van der Waals surface area contributed by atoms with Crippen molar-refractivity contribution < 1.29 is 41.6 Å². The molecule has 102 valence electrons. The number of halogens is 3. The summed E-state index contributed by atoms with van der Waals surface area (Å²) in [5, 5.41) is 27.7. The molecule has 0 amide bonds. The third-order valence-corrected chi connectivity index (χ3v) is 2.42. The van der Waals surface area contributed by atoms with E-state index in [1.807, 2.05) is 4.40 Å². The van der Waals surface area contributed by atoms with Crippen LogP contribution >= 0.6 is 0 Å². The molecule has 0 heterocycles. The number of hydrogen-bond donors (Lipinski definition) is 2. The zero-order chi connectivity index (χ0) is 13.7. The summed E-state index contributed by atoms with van der Waals surface area (Å²) in [4.78, 5) is 0. The van der Waals surface area contributed by atoms with E-state index in [1.54, 1.807) is 0 Å². The van der Waals surface area contributed by atoms with Crippen LogP contribution in [0.3, 0.4) is 0 Å². The first-order valence-corrected chi connectivity index (χ1v) is 5.50. The third kappa shape index (κ3) is 5.19. The van der Waals surface area contributed by atoms with E-state index in [4.69, 9.17) is 10.2 Å². The molecule has 0 saturated carbocycles. The summed E-state index contributed by atoms with van der Waals surface area (Å²) in [6.07, 6.45) is -1.96. The average molecular weight is 280 g/mol. The van der Waals surface area contributed by atoms with Gasteiger partial charge in [0.05, 0.1) is 0 Å². The molecule has 0 aliphatic heterocycles. The minimum absolute atomic E-state index is 0.587. The van der Waals surface area contributed by atoms with Crippen LogP contribution in [0.25, 0.3) is 0 Å².